The highest BCUT2D eigenvalue weighted by Crippen LogP contribution is 2.17. The maximum absolute atomic E-state index is 6.01. The molecule has 0 bridgehead atoms. The molecule has 0 spiro atoms. The van der Waals surface area contributed by atoms with Crippen LogP contribution in [0.25, 0.3) is 11.2 Å². The van der Waals surface area contributed by atoms with Crippen molar-refractivity contribution in [1.29, 1.82) is 0 Å². The Bertz CT molecular complexity index is 574. The van der Waals surface area contributed by atoms with E-state index in [1.165, 1.54) is 24.6 Å². The molecule has 0 amide bonds. The molecule has 0 saturated carbocycles. The molecule has 6 heteroatoms. The number of imidazole rings is 1. The first-order valence-corrected chi connectivity index (χ1v) is 7.79. The molecule has 2 aromatic heterocycles. The molecule has 1 saturated heterocycles. The van der Waals surface area contributed by atoms with Crippen LogP contribution in [0.2, 0.25) is 0 Å². The van der Waals surface area contributed by atoms with Crippen LogP contribution in [-0.4, -0.2) is 50.6 Å². The molecule has 2 aromatic rings. The number of thioether (sulfide) groups is 1. The van der Waals surface area contributed by atoms with Crippen LogP contribution in [0.15, 0.2) is 12.1 Å². The first kappa shape index (κ1) is 12.7. The van der Waals surface area contributed by atoms with Gasteiger partial charge in [-0.2, -0.15) is 11.8 Å². The zero-order valence-electron chi connectivity index (χ0n) is 11.2. The molecule has 1 aliphatic heterocycles. The summed E-state index contributed by atoms with van der Waals surface area (Å²) in [5.41, 5.74) is 8.80. The number of anilines is 1. The molecule has 3 rings (SSSR count). The van der Waals surface area contributed by atoms with Gasteiger partial charge in [0.25, 0.3) is 0 Å². The highest BCUT2D eigenvalue weighted by molar-refractivity contribution is 7.99. The highest BCUT2D eigenvalue weighted by Gasteiger charge is 2.13. The number of hydrogen-bond donors (Lipinski definition) is 1. The van der Waals surface area contributed by atoms with Crippen LogP contribution in [0, 0.1) is 6.92 Å². The summed E-state index contributed by atoms with van der Waals surface area (Å²) >= 11 is 2.03. The van der Waals surface area contributed by atoms with Crippen molar-refractivity contribution in [2.45, 2.75) is 13.5 Å². The maximum Gasteiger partial charge on any atom is 0.202 e. The van der Waals surface area contributed by atoms with E-state index < -0.39 is 0 Å². The number of pyridine rings is 1. The average molecular weight is 277 g/mol. The van der Waals surface area contributed by atoms with Gasteiger partial charge in [0.05, 0.1) is 0 Å². The molecule has 3 heterocycles. The Kier molecular flexibility index (Phi) is 3.61. The van der Waals surface area contributed by atoms with Gasteiger partial charge in [-0.1, -0.05) is 0 Å². The lowest BCUT2D eigenvalue weighted by atomic mass is 10.3. The molecular formula is C13H19N5S. The van der Waals surface area contributed by atoms with E-state index in [0.717, 1.165) is 29.9 Å². The number of aryl methyl sites for hydroxylation is 1. The monoisotopic (exact) mass is 277 g/mol. The lowest BCUT2D eigenvalue weighted by molar-refractivity contribution is 0.291. The van der Waals surface area contributed by atoms with Gasteiger partial charge in [-0.25, -0.2) is 9.97 Å². The minimum atomic E-state index is 0.569. The molecular weight excluding hydrogens is 258 g/mol. The molecule has 1 fully saturated rings. The Hall–Kier alpha value is -1.27. The van der Waals surface area contributed by atoms with Gasteiger partial charge in [0.2, 0.25) is 5.95 Å². The predicted molar refractivity (Wildman–Crippen MR) is 80.4 cm³/mol. The van der Waals surface area contributed by atoms with Crippen LogP contribution >= 0.6 is 11.8 Å². The van der Waals surface area contributed by atoms with Gasteiger partial charge >= 0.3 is 0 Å². The molecule has 5 nitrogen and oxygen atoms in total. The molecule has 2 N–H and O–H groups in total. The van der Waals surface area contributed by atoms with Gasteiger partial charge in [-0.15, -0.1) is 0 Å². The van der Waals surface area contributed by atoms with Crippen LogP contribution in [-0.2, 0) is 6.54 Å². The quantitative estimate of drug-likeness (QED) is 0.918. The van der Waals surface area contributed by atoms with Crippen LogP contribution < -0.4 is 5.73 Å². The first-order chi connectivity index (χ1) is 9.24. The molecule has 0 aliphatic carbocycles. The average Bonchev–Trinajstić information content (AvgIpc) is 2.73. The van der Waals surface area contributed by atoms with E-state index in [2.05, 4.69) is 14.9 Å². The Labute approximate surface area is 117 Å². The van der Waals surface area contributed by atoms with Crippen molar-refractivity contribution in [3.63, 3.8) is 0 Å². The number of nitrogens with zero attached hydrogens (tertiary/aromatic N) is 4. The molecule has 102 valence electrons. The number of nitrogens with two attached hydrogens (primary N) is 1. The SMILES string of the molecule is Cc1ccc2nc(N)n(CCN3CCSCC3)c2n1. The summed E-state index contributed by atoms with van der Waals surface area (Å²) in [6.45, 7) is 6.22. The molecule has 0 radical (unpaired) electrons. The molecule has 0 atom stereocenters. The summed E-state index contributed by atoms with van der Waals surface area (Å²) in [6, 6.07) is 3.96. The van der Waals surface area contributed by atoms with Crippen LogP contribution in [0.1, 0.15) is 5.69 Å². The van der Waals surface area contributed by atoms with Crippen molar-refractivity contribution in [1.82, 2.24) is 19.4 Å². The standard InChI is InChI=1S/C13H19N5S/c1-10-2-3-11-12(15-10)18(13(14)16-11)5-4-17-6-8-19-9-7-17/h2-3H,4-9H2,1H3,(H2,14,16). The van der Waals surface area contributed by atoms with E-state index in [1.54, 1.807) is 0 Å². The Morgan fingerprint density at radius 2 is 2.00 bits per heavy atom. The van der Waals surface area contributed by atoms with Crippen molar-refractivity contribution in [3.8, 4) is 0 Å². The number of hydrogen-bond acceptors (Lipinski definition) is 5. The number of nitrogen functional groups attached to an aromatic ring is 1. The van der Waals surface area contributed by atoms with E-state index in [-0.39, 0.29) is 0 Å². The topological polar surface area (TPSA) is 60.0 Å². The lowest BCUT2D eigenvalue weighted by Crippen LogP contribution is -2.35. The molecule has 19 heavy (non-hydrogen) atoms. The zero-order valence-corrected chi connectivity index (χ0v) is 12.0. The Balaban J connectivity index is 1.79. The Morgan fingerprint density at radius 3 is 2.79 bits per heavy atom. The van der Waals surface area contributed by atoms with Gasteiger partial charge in [-0.3, -0.25) is 9.47 Å². The summed E-state index contributed by atoms with van der Waals surface area (Å²) in [5, 5.41) is 0. The van der Waals surface area contributed by atoms with E-state index in [0.29, 0.717) is 5.95 Å². The summed E-state index contributed by atoms with van der Waals surface area (Å²) < 4.78 is 2.03. The number of fused-ring (bicyclic) bond motifs is 1. The van der Waals surface area contributed by atoms with Crippen molar-refractivity contribution in [3.05, 3.63) is 17.8 Å². The third-order valence-corrected chi connectivity index (χ3v) is 4.45. The van der Waals surface area contributed by atoms with Gasteiger partial charge < -0.3 is 5.73 Å². The second kappa shape index (κ2) is 5.38. The third-order valence-electron chi connectivity index (χ3n) is 3.50. The molecule has 0 unspecified atom stereocenters. The summed E-state index contributed by atoms with van der Waals surface area (Å²) in [5.74, 6) is 3.04. The van der Waals surface area contributed by atoms with Gasteiger partial charge in [0.1, 0.15) is 5.52 Å². The van der Waals surface area contributed by atoms with Crippen LogP contribution in [0.5, 0.6) is 0 Å². The minimum absolute atomic E-state index is 0.569. The van der Waals surface area contributed by atoms with Crippen molar-refractivity contribution in [2.75, 3.05) is 36.9 Å². The van der Waals surface area contributed by atoms with Gasteiger partial charge in [0, 0.05) is 43.4 Å². The summed E-state index contributed by atoms with van der Waals surface area (Å²) in [4.78, 5) is 11.4. The summed E-state index contributed by atoms with van der Waals surface area (Å²) in [7, 11) is 0. The minimum Gasteiger partial charge on any atom is -0.369 e. The third kappa shape index (κ3) is 2.69. The van der Waals surface area contributed by atoms with E-state index >= 15 is 0 Å². The van der Waals surface area contributed by atoms with Crippen LogP contribution in [0.4, 0.5) is 5.95 Å². The fourth-order valence-corrected chi connectivity index (χ4v) is 3.38. The van der Waals surface area contributed by atoms with E-state index in [9.17, 15) is 0 Å². The van der Waals surface area contributed by atoms with Crippen molar-refractivity contribution in [2.24, 2.45) is 0 Å². The highest BCUT2D eigenvalue weighted by atomic mass is 32.2. The fourth-order valence-electron chi connectivity index (χ4n) is 2.40. The fraction of sp³-hybridized carbons (Fsp3) is 0.538. The molecule has 0 aromatic carbocycles. The largest absolute Gasteiger partial charge is 0.369 e. The normalized spacial score (nSPS) is 17.1. The lowest BCUT2D eigenvalue weighted by Gasteiger charge is -2.26. The number of aromatic nitrogens is 3. The number of rotatable bonds is 3. The second-order valence-corrected chi connectivity index (χ2v) is 6.10. The van der Waals surface area contributed by atoms with Gasteiger partial charge in [0.15, 0.2) is 5.65 Å². The second-order valence-electron chi connectivity index (χ2n) is 4.87. The Morgan fingerprint density at radius 1 is 1.21 bits per heavy atom. The van der Waals surface area contributed by atoms with Crippen molar-refractivity contribution < 1.29 is 0 Å². The van der Waals surface area contributed by atoms with Crippen molar-refractivity contribution >= 4 is 28.9 Å². The predicted octanol–water partition coefficient (Wildman–Crippen LogP) is 1.37. The first-order valence-electron chi connectivity index (χ1n) is 6.63. The molecule has 1 aliphatic rings. The zero-order chi connectivity index (χ0) is 13.2. The van der Waals surface area contributed by atoms with E-state index in [4.69, 9.17) is 5.73 Å². The van der Waals surface area contributed by atoms with E-state index in [1.807, 2.05) is 35.4 Å². The summed E-state index contributed by atoms with van der Waals surface area (Å²) in [6.07, 6.45) is 0. The smallest absolute Gasteiger partial charge is 0.202 e. The van der Waals surface area contributed by atoms with Crippen LogP contribution in [0.3, 0.4) is 0 Å². The maximum atomic E-state index is 6.01. The van der Waals surface area contributed by atoms with Gasteiger partial charge in [-0.05, 0) is 19.1 Å².